The highest BCUT2D eigenvalue weighted by Crippen LogP contribution is 2.11. The van der Waals surface area contributed by atoms with Gasteiger partial charge < -0.3 is 15.4 Å². The summed E-state index contributed by atoms with van der Waals surface area (Å²) < 4.78 is 5.25. The zero-order valence-electron chi connectivity index (χ0n) is 12.5. The lowest BCUT2D eigenvalue weighted by Crippen LogP contribution is -2.37. The number of hydrogen-bond acceptors (Lipinski definition) is 3. The summed E-state index contributed by atoms with van der Waals surface area (Å²) in [5.41, 5.74) is 0.531. The second kappa shape index (κ2) is 8.69. The molecule has 0 spiro atoms. The van der Waals surface area contributed by atoms with E-state index in [1.54, 1.807) is 0 Å². The highest BCUT2D eigenvalue weighted by Gasteiger charge is 2.20. The number of carbonyl (C=O) groups excluding carboxylic acids is 2. The lowest BCUT2D eigenvalue weighted by atomic mass is 9.96. The molecule has 2 N–H and O–H groups in total. The van der Waals surface area contributed by atoms with Crippen LogP contribution in [0.15, 0.2) is 12.2 Å². The van der Waals surface area contributed by atoms with E-state index in [-0.39, 0.29) is 18.2 Å². The topological polar surface area (TPSA) is 67.4 Å². The van der Waals surface area contributed by atoms with Gasteiger partial charge in [-0.05, 0) is 6.92 Å². The SMILES string of the molecule is C=C(C)COCCNC(=O)CCNC(=O)C(C)(C)C. The van der Waals surface area contributed by atoms with Crippen LogP contribution in [0, 0.1) is 5.41 Å². The molecule has 0 saturated heterocycles. The van der Waals surface area contributed by atoms with Crippen LogP contribution in [0.1, 0.15) is 34.1 Å². The van der Waals surface area contributed by atoms with Crippen LogP contribution >= 0.6 is 0 Å². The van der Waals surface area contributed by atoms with Gasteiger partial charge in [0.15, 0.2) is 0 Å². The molecule has 110 valence electrons. The zero-order valence-corrected chi connectivity index (χ0v) is 12.5. The molecule has 0 aliphatic heterocycles. The maximum atomic E-state index is 11.5. The minimum absolute atomic E-state index is 0.0508. The molecule has 19 heavy (non-hydrogen) atoms. The number of amides is 2. The molecule has 5 heteroatoms. The fraction of sp³-hybridized carbons (Fsp3) is 0.714. The maximum absolute atomic E-state index is 11.5. The Labute approximate surface area is 115 Å². The number of ether oxygens (including phenoxy) is 1. The molecule has 2 amide bonds. The average molecular weight is 270 g/mol. The predicted octanol–water partition coefficient (Wildman–Crippen LogP) is 1.25. The normalized spacial score (nSPS) is 10.9. The van der Waals surface area contributed by atoms with Gasteiger partial charge in [-0.3, -0.25) is 9.59 Å². The second-order valence-electron chi connectivity index (χ2n) is 5.62. The molecule has 0 unspecified atom stereocenters. The van der Waals surface area contributed by atoms with E-state index in [9.17, 15) is 9.59 Å². The Balaban J connectivity index is 3.55. The number of carbonyl (C=O) groups is 2. The molecule has 0 aromatic rings. The fourth-order valence-electron chi connectivity index (χ4n) is 1.15. The summed E-state index contributed by atoms with van der Waals surface area (Å²) in [5.74, 6) is -0.141. The van der Waals surface area contributed by atoms with E-state index in [1.165, 1.54) is 0 Å². The summed E-state index contributed by atoms with van der Waals surface area (Å²) in [5, 5.41) is 5.45. The van der Waals surface area contributed by atoms with E-state index >= 15 is 0 Å². The van der Waals surface area contributed by atoms with Gasteiger partial charge in [-0.1, -0.05) is 32.9 Å². The Morgan fingerprint density at radius 1 is 1.16 bits per heavy atom. The van der Waals surface area contributed by atoms with Crippen molar-refractivity contribution < 1.29 is 14.3 Å². The van der Waals surface area contributed by atoms with Crippen molar-refractivity contribution in [2.45, 2.75) is 34.1 Å². The molecule has 0 bridgehead atoms. The molecule has 0 aromatic heterocycles. The van der Waals surface area contributed by atoms with Gasteiger partial charge in [0.25, 0.3) is 0 Å². The lowest BCUT2D eigenvalue weighted by Gasteiger charge is -2.17. The summed E-state index contributed by atoms with van der Waals surface area (Å²) in [4.78, 5) is 23.0. The van der Waals surface area contributed by atoms with Crippen LogP contribution in [0.25, 0.3) is 0 Å². The van der Waals surface area contributed by atoms with Gasteiger partial charge in [0.05, 0.1) is 13.2 Å². The molecule has 0 heterocycles. The van der Waals surface area contributed by atoms with Crippen LogP contribution in [0.3, 0.4) is 0 Å². The Morgan fingerprint density at radius 2 is 1.79 bits per heavy atom. The third kappa shape index (κ3) is 10.3. The van der Waals surface area contributed by atoms with Crippen LogP contribution in [-0.2, 0) is 14.3 Å². The van der Waals surface area contributed by atoms with E-state index in [0.717, 1.165) is 5.57 Å². The summed E-state index contributed by atoms with van der Waals surface area (Å²) in [6.45, 7) is 12.9. The molecule has 0 saturated carbocycles. The molecule has 0 fully saturated rings. The van der Waals surface area contributed by atoms with Crippen LogP contribution in [0.5, 0.6) is 0 Å². The molecular formula is C14H26N2O3. The van der Waals surface area contributed by atoms with Gasteiger partial charge in [-0.15, -0.1) is 0 Å². The summed E-state index contributed by atoms with van der Waals surface area (Å²) in [7, 11) is 0. The van der Waals surface area contributed by atoms with Crippen molar-refractivity contribution in [3.63, 3.8) is 0 Å². The van der Waals surface area contributed by atoms with Crippen molar-refractivity contribution in [2.75, 3.05) is 26.3 Å². The van der Waals surface area contributed by atoms with Crippen molar-refractivity contribution in [1.29, 1.82) is 0 Å². The van der Waals surface area contributed by atoms with Gasteiger partial charge in [-0.2, -0.15) is 0 Å². The Bertz CT molecular complexity index is 319. The molecule has 0 atom stereocenters. The quantitative estimate of drug-likeness (QED) is 0.515. The van der Waals surface area contributed by atoms with E-state index < -0.39 is 5.41 Å². The van der Waals surface area contributed by atoms with Gasteiger partial charge in [0.2, 0.25) is 11.8 Å². The first-order valence-electron chi connectivity index (χ1n) is 6.50. The predicted molar refractivity (Wildman–Crippen MR) is 75.7 cm³/mol. The number of nitrogens with one attached hydrogen (secondary N) is 2. The number of rotatable bonds is 8. The van der Waals surface area contributed by atoms with Crippen LogP contribution in [0.2, 0.25) is 0 Å². The monoisotopic (exact) mass is 270 g/mol. The highest BCUT2D eigenvalue weighted by molar-refractivity contribution is 5.82. The van der Waals surface area contributed by atoms with Gasteiger partial charge >= 0.3 is 0 Å². The molecule has 0 aliphatic rings. The standard InChI is InChI=1S/C14H26N2O3/c1-11(2)10-19-9-8-15-12(17)6-7-16-13(18)14(3,4)5/h1,6-10H2,2-5H3,(H,15,17)(H,16,18). The van der Waals surface area contributed by atoms with Crippen LogP contribution in [0.4, 0.5) is 0 Å². The van der Waals surface area contributed by atoms with Gasteiger partial charge in [0.1, 0.15) is 0 Å². The molecule has 0 radical (unpaired) electrons. The van der Waals surface area contributed by atoms with E-state index in [4.69, 9.17) is 4.74 Å². The van der Waals surface area contributed by atoms with Crippen molar-refractivity contribution in [2.24, 2.45) is 5.41 Å². The lowest BCUT2D eigenvalue weighted by molar-refractivity contribution is -0.128. The average Bonchev–Trinajstić information content (AvgIpc) is 2.26. The molecule has 0 rings (SSSR count). The first kappa shape index (κ1) is 17.6. The first-order valence-corrected chi connectivity index (χ1v) is 6.50. The second-order valence-corrected chi connectivity index (χ2v) is 5.62. The van der Waals surface area contributed by atoms with Gasteiger partial charge in [-0.25, -0.2) is 0 Å². The van der Waals surface area contributed by atoms with E-state index in [0.29, 0.717) is 26.3 Å². The third-order valence-electron chi connectivity index (χ3n) is 2.24. The van der Waals surface area contributed by atoms with E-state index in [1.807, 2.05) is 27.7 Å². The Hall–Kier alpha value is -1.36. The zero-order chi connectivity index (χ0) is 14.9. The minimum Gasteiger partial charge on any atom is -0.375 e. The number of hydrogen-bond donors (Lipinski definition) is 2. The Morgan fingerprint density at radius 3 is 2.32 bits per heavy atom. The maximum Gasteiger partial charge on any atom is 0.225 e. The van der Waals surface area contributed by atoms with Crippen molar-refractivity contribution >= 4 is 11.8 Å². The third-order valence-corrected chi connectivity index (χ3v) is 2.24. The Kier molecular flexibility index (Phi) is 8.07. The van der Waals surface area contributed by atoms with Crippen molar-refractivity contribution in [1.82, 2.24) is 10.6 Å². The van der Waals surface area contributed by atoms with Crippen LogP contribution < -0.4 is 10.6 Å². The highest BCUT2D eigenvalue weighted by atomic mass is 16.5. The molecule has 5 nitrogen and oxygen atoms in total. The smallest absolute Gasteiger partial charge is 0.225 e. The summed E-state index contributed by atoms with van der Waals surface area (Å²) in [6, 6.07) is 0. The molecule has 0 aromatic carbocycles. The van der Waals surface area contributed by atoms with Gasteiger partial charge in [0, 0.05) is 24.9 Å². The minimum atomic E-state index is -0.424. The molecule has 0 aliphatic carbocycles. The van der Waals surface area contributed by atoms with Crippen LogP contribution in [-0.4, -0.2) is 38.1 Å². The summed E-state index contributed by atoms with van der Waals surface area (Å²) in [6.07, 6.45) is 0.280. The largest absolute Gasteiger partial charge is 0.375 e. The fourth-order valence-corrected chi connectivity index (χ4v) is 1.15. The first-order chi connectivity index (χ1) is 8.73. The van der Waals surface area contributed by atoms with Crippen molar-refractivity contribution in [3.8, 4) is 0 Å². The summed E-state index contributed by atoms with van der Waals surface area (Å²) >= 11 is 0. The van der Waals surface area contributed by atoms with Crippen molar-refractivity contribution in [3.05, 3.63) is 12.2 Å². The molecular weight excluding hydrogens is 244 g/mol. The van der Waals surface area contributed by atoms with E-state index in [2.05, 4.69) is 17.2 Å².